The Hall–Kier alpha value is -4.11. The van der Waals surface area contributed by atoms with Crippen LogP contribution in [-0.2, 0) is 9.53 Å². The Morgan fingerprint density at radius 2 is 1.90 bits per heavy atom. The Morgan fingerprint density at radius 1 is 1.10 bits per heavy atom. The smallest absolute Gasteiger partial charge is 0.337 e. The number of carbonyl (C=O) groups is 2. The van der Waals surface area contributed by atoms with E-state index in [9.17, 15) is 14.9 Å². The molecule has 3 aromatic rings. The molecule has 0 spiro atoms. The van der Waals surface area contributed by atoms with Crippen LogP contribution in [-0.4, -0.2) is 19.0 Å². The lowest BCUT2D eigenvalue weighted by Gasteiger charge is -2.06. The van der Waals surface area contributed by atoms with E-state index in [4.69, 9.17) is 9.15 Å². The Morgan fingerprint density at radius 3 is 2.57 bits per heavy atom. The Balaban J connectivity index is 1.82. The van der Waals surface area contributed by atoms with Gasteiger partial charge >= 0.3 is 5.97 Å². The second-order valence-electron chi connectivity index (χ2n) is 6.72. The second kappa shape index (κ2) is 8.93. The molecule has 30 heavy (non-hydrogen) atoms. The van der Waals surface area contributed by atoms with E-state index in [1.54, 1.807) is 36.4 Å². The molecule has 0 atom stereocenters. The minimum atomic E-state index is -0.514. The molecule has 0 unspecified atom stereocenters. The summed E-state index contributed by atoms with van der Waals surface area (Å²) in [5.41, 5.74) is 3.62. The molecule has 150 valence electrons. The molecule has 0 aliphatic rings. The zero-order valence-corrected chi connectivity index (χ0v) is 16.9. The number of furan rings is 1. The van der Waals surface area contributed by atoms with E-state index in [2.05, 4.69) is 5.32 Å². The summed E-state index contributed by atoms with van der Waals surface area (Å²) in [7, 11) is 1.33. The zero-order chi connectivity index (χ0) is 21.7. The van der Waals surface area contributed by atoms with Gasteiger partial charge in [-0.3, -0.25) is 4.79 Å². The number of aryl methyl sites for hydroxylation is 2. The number of nitriles is 1. The summed E-state index contributed by atoms with van der Waals surface area (Å²) in [6.45, 7) is 3.77. The van der Waals surface area contributed by atoms with Gasteiger partial charge in [0.2, 0.25) is 0 Å². The maximum atomic E-state index is 12.4. The molecule has 1 aromatic heterocycles. The zero-order valence-electron chi connectivity index (χ0n) is 16.9. The molecular weight excluding hydrogens is 380 g/mol. The molecule has 0 saturated heterocycles. The maximum Gasteiger partial charge on any atom is 0.337 e. The van der Waals surface area contributed by atoms with Gasteiger partial charge in [-0.15, -0.1) is 0 Å². The fourth-order valence-electron chi connectivity index (χ4n) is 2.97. The van der Waals surface area contributed by atoms with Crippen molar-refractivity contribution in [3.63, 3.8) is 0 Å². The molecule has 2 aromatic carbocycles. The van der Waals surface area contributed by atoms with Crippen molar-refractivity contribution in [3.05, 3.63) is 82.6 Å². The van der Waals surface area contributed by atoms with E-state index in [-0.39, 0.29) is 5.57 Å². The van der Waals surface area contributed by atoms with Gasteiger partial charge in [0.15, 0.2) is 0 Å². The maximum absolute atomic E-state index is 12.4. The molecule has 6 nitrogen and oxygen atoms in total. The number of amides is 1. The SMILES string of the molecule is COC(=O)c1ccc(-c2ccc(/C=C(/C#N)C(=O)Nc3cccc(C)c3)o2)c(C)c1. The van der Waals surface area contributed by atoms with Crippen LogP contribution in [0.5, 0.6) is 0 Å². The van der Waals surface area contributed by atoms with Crippen molar-refractivity contribution in [3.8, 4) is 17.4 Å². The topological polar surface area (TPSA) is 92.3 Å². The molecular formula is C24H20N2O4. The highest BCUT2D eigenvalue weighted by molar-refractivity contribution is 6.09. The first-order chi connectivity index (χ1) is 14.4. The second-order valence-corrected chi connectivity index (χ2v) is 6.72. The van der Waals surface area contributed by atoms with Crippen LogP contribution in [0.1, 0.15) is 27.2 Å². The van der Waals surface area contributed by atoms with Crippen molar-refractivity contribution in [1.29, 1.82) is 5.26 Å². The van der Waals surface area contributed by atoms with Crippen LogP contribution in [0.4, 0.5) is 5.69 Å². The lowest BCUT2D eigenvalue weighted by atomic mass is 10.0. The van der Waals surface area contributed by atoms with Gasteiger partial charge in [-0.1, -0.05) is 18.2 Å². The first kappa shape index (κ1) is 20.6. The number of nitrogens with zero attached hydrogens (tertiary/aromatic N) is 1. The third-order valence-corrected chi connectivity index (χ3v) is 4.47. The van der Waals surface area contributed by atoms with Gasteiger partial charge in [-0.25, -0.2) is 4.79 Å². The molecule has 1 amide bonds. The number of benzene rings is 2. The van der Waals surface area contributed by atoms with E-state index in [1.165, 1.54) is 13.2 Å². The van der Waals surface area contributed by atoms with Gasteiger partial charge in [0.25, 0.3) is 5.91 Å². The minimum Gasteiger partial charge on any atom is -0.465 e. The van der Waals surface area contributed by atoms with Gasteiger partial charge in [0.05, 0.1) is 12.7 Å². The molecule has 0 aliphatic heterocycles. The number of ether oxygens (including phenoxy) is 1. The average molecular weight is 400 g/mol. The number of methoxy groups -OCH3 is 1. The van der Waals surface area contributed by atoms with Crippen LogP contribution < -0.4 is 5.32 Å². The normalized spacial score (nSPS) is 10.9. The first-order valence-corrected chi connectivity index (χ1v) is 9.20. The van der Waals surface area contributed by atoms with Gasteiger partial charge < -0.3 is 14.5 Å². The van der Waals surface area contributed by atoms with Crippen LogP contribution in [0.25, 0.3) is 17.4 Å². The summed E-state index contributed by atoms with van der Waals surface area (Å²) in [6, 6.07) is 17.8. The predicted molar refractivity (Wildman–Crippen MR) is 114 cm³/mol. The van der Waals surface area contributed by atoms with Crippen LogP contribution in [0.2, 0.25) is 0 Å². The standard InChI is InChI=1S/C24H20N2O4/c1-15-5-4-6-19(11-15)26-23(27)18(14-25)13-20-8-10-22(30-20)21-9-7-17(12-16(21)2)24(28)29-3/h4-13H,1-3H3,(H,26,27)/b18-13-. The van der Waals surface area contributed by atoms with Crippen LogP contribution in [0.3, 0.4) is 0 Å². The number of anilines is 1. The summed E-state index contributed by atoms with van der Waals surface area (Å²) >= 11 is 0. The molecule has 6 heteroatoms. The van der Waals surface area contributed by atoms with Crippen molar-refractivity contribution >= 4 is 23.6 Å². The number of rotatable bonds is 5. The van der Waals surface area contributed by atoms with E-state index in [1.807, 2.05) is 38.1 Å². The largest absolute Gasteiger partial charge is 0.465 e. The van der Waals surface area contributed by atoms with Crippen molar-refractivity contribution in [2.45, 2.75) is 13.8 Å². The first-order valence-electron chi connectivity index (χ1n) is 9.20. The summed E-state index contributed by atoms with van der Waals surface area (Å²) in [5, 5.41) is 12.1. The minimum absolute atomic E-state index is 0.0739. The monoisotopic (exact) mass is 400 g/mol. The lowest BCUT2D eigenvalue weighted by molar-refractivity contribution is -0.112. The number of carbonyl (C=O) groups excluding carboxylic acids is 2. The molecule has 3 rings (SSSR count). The Labute approximate surface area is 174 Å². The number of nitrogens with one attached hydrogen (secondary N) is 1. The summed E-state index contributed by atoms with van der Waals surface area (Å²) in [6.07, 6.45) is 1.40. The Bertz CT molecular complexity index is 1180. The molecule has 0 fully saturated rings. The van der Waals surface area contributed by atoms with Crippen molar-refractivity contribution < 1.29 is 18.7 Å². The summed E-state index contributed by atoms with van der Waals surface area (Å²) in [4.78, 5) is 24.1. The van der Waals surface area contributed by atoms with Gasteiger partial charge in [-0.2, -0.15) is 5.26 Å². The fraction of sp³-hybridized carbons (Fsp3) is 0.125. The summed E-state index contributed by atoms with van der Waals surface area (Å²) < 4.78 is 10.5. The quantitative estimate of drug-likeness (QED) is 0.374. The molecule has 1 N–H and O–H groups in total. The highest BCUT2D eigenvalue weighted by Crippen LogP contribution is 2.27. The van der Waals surface area contributed by atoms with Gasteiger partial charge in [0.1, 0.15) is 23.2 Å². The van der Waals surface area contributed by atoms with Crippen LogP contribution in [0, 0.1) is 25.2 Å². The lowest BCUT2D eigenvalue weighted by Crippen LogP contribution is -2.13. The number of hydrogen-bond acceptors (Lipinski definition) is 5. The van der Waals surface area contributed by atoms with Crippen LogP contribution >= 0.6 is 0 Å². The van der Waals surface area contributed by atoms with E-state index < -0.39 is 11.9 Å². The molecule has 0 bridgehead atoms. The number of esters is 1. The highest BCUT2D eigenvalue weighted by Gasteiger charge is 2.14. The van der Waals surface area contributed by atoms with E-state index >= 15 is 0 Å². The summed E-state index contributed by atoms with van der Waals surface area (Å²) in [5.74, 6) is 0.00889. The molecule has 1 heterocycles. The third-order valence-electron chi connectivity index (χ3n) is 4.47. The fourth-order valence-corrected chi connectivity index (χ4v) is 2.97. The molecule has 0 saturated carbocycles. The average Bonchev–Trinajstić information content (AvgIpc) is 3.19. The van der Waals surface area contributed by atoms with Gasteiger partial charge in [-0.05, 0) is 61.4 Å². The molecule has 0 aliphatic carbocycles. The number of hydrogen-bond donors (Lipinski definition) is 1. The van der Waals surface area contributed by atoms with E-state index in [0.717, 1.165) is 16.7 Å². The highest BCUT2D eigenvalue weighted by atomic mass is 16.5. The Kier molecular flexibility index (Phi) is 6.14. The third kappa shape index (κ3) is 4.65. The van der Waals surface area contributed by atoms with Crippen LogP contribution in [0.15, 0.2) is 64.6 Å². The van der Waals surface area contributed by atoms with Gasteiger partial charge in [0, 0.05) is 17.3 Å². The molecule has 0 radical (unpaired) electrons. The predicted octanol–water partition coefficient (Wildman–Crippen LogP) is 4.90. The van der Waals surface area contributed by atoms with Crippen molar-refractivity contribution in [2.24, 2.45) is 0 Å². The van der Waals surface area contributed by atoms with E-state index in [0.29, 0.717) is 22.8 Å². The van der Waals surface area contributed by atoms with Crippen molar-refractivity contribution in [2.75, 3.05) is 12.4 Å². The van der Waals surface area contributed by atoms with Crippen molar-refractivity contribution in [1.82, 2.24) is 0 Å².